The molecule has 2 aliphatic rings. The van der Waals surface area contributed by atoms with Gasteiger partial charge in [-0.25, -0.2) is 4.39 Å². The third-order valence-corrected chi connectivity index (χ3v) is 5.37. The fourth-order valence-electron chi connectivity index (χ4n) is 3.98. The van der Waals surface area contributed by atoms with E-state index in [-0.39, 0.29) is 11.9 Å². The van der Waals surface area contributed by atoms with Gasteiger partial charge < -0.3 is 19.7 Å². The highest BCUT2D eigenvalue weighted by Gasteiger charge is 2.27. The second kappa shape index (κ2) is 10.0. The van der Waals surface area contributed by atoms with Gasteiger partial charge in [-0.2, -0.15) is 0 Å². The Morgan fingerprint density at radius 1 is 1.37 bits per heavy atom. The lowest BCUT2D eigenvalue weighted by Crippen LogP contribution is -2.47. The van der Waals surface area contributed by atoms with E-state index in [1.54, 1.807) is 19.2 Å². The maximum atomic E-state index is 13.8. The Bertz CT molecular complexity index is 622. The summed E-state index contributed by atoms with van der Waals surface area (Å²) >= 11 is 0. The molecule has 2 unspecified atom stereocenters. The van der Waals surface area contributed by atoms with Gasteiger partial charge in [0.05, 0.1) is 25.9 Å². The van der Waals surface area contributed by atoms with Gasteiger partial charge in [-0.1, -0.05) is 12.1 Å². The summed E-state index contributed by atoms with van der Waals surface area (Å²) in [6.45, 7) is 6.53. The number of nitrogens with one attached hydrogen (secondary N) is 1. The van der Waals surface area contributed by atoms with E-state index in [1.165, 1.54) is 6.07 Å². The summed E-state index contributed by atoms with van der Waals surface area (Å²) in [6.07, 6.45) is 1.12. The minimum atomic E-state index is -0.197. The van der Waals surface area contributed by atoms with E-state index in [1.807, 2.05) is 13.1 Å². The van der Waals surface area contributed by atoms with Gasteiger partial charge in [0.25, 0.3) is 0 Å². The van der Waals surface area contributed by atoms with Gasteiger partial charge in [0.15, 0.2) is 5.96 Å². The van der Waals surface area contributed by atoms with Crippen LogP contribution in [-0.4, -0.2) is 82.5 Å². The van der Waals surface area contributed by atoms with Gasteiger partial charge in [0, 0.05) is 52.8 Å². The molecule has 0 bridgehead atoms. The van der Waals surface area contributed by atoms with E-state index in [0.29, 0.717) is 25.7 Å². The predicted octanol–water partition coefficient (Wildman–Crippen LogP) is 1.74. The first-order chi connectivity index (χ1) is 13.2. The molecule has 0 spiro atoms. The quantitative estimate of drug-likeness (QED) is 0.604. The number of likely N-dealkylation sites (tertiary alicyclic amines) is 1. The van der Waals surface area contributed by atoms with Crippen molar-refractivity contribution < 1.29 is 13.9 Å². The highest BCUT2D eigenvalue weighted by Crippen LogP contribution is 2.23. The van der Waals surface area contributed by atoms with Crippen LogP contribution in [0.2, 0.25) is 0 Å². The molecule has 7 heteroatoms. The summed E-state index contributed by atoms with van der Waals surface area (Å²) in [5.41, 5.74) is 0.985. The Balaban J connectivity index is 1.66. The first-order valence-corrected chi connectivity index (χ1v) is 9.73. The Kier molecular flexibility index (Phi) is 7.43. The molecule has 2 saturated heterocycles. The summed E-state index contributed by atoms with van der Waals surface area (Å²) in [4.78, 5) is 9.11. The molecule has 0 saturated carbocycles. The summed E-state index contributed by atoms with van der Waals surface area (Å²) in [7, 11) is 3.57. The van der Waals surface area contributed by atoms with Crippen molar-refractivity contribution >= 4 is 5.96 Å². The van der Waals surface area contributed by atoms with Gasteiger partial charge in [0.2, 0.25) is 0 Å². The molecular formula is C20H31FN4O2. The highest BCUT2D eigenvalue weighted by atomic mass is 19.1. The van der Waals surface area contributed by atoms with Crippen LogP contribution >= 0.6 is 0 Å². The highest BCUT2D eigenvalue weighted by molar-refractivity contribution is 5.80. The summed E-state index contributed by atoms with van der Waals surface area (Å²) < 4.78 is 24.6. The zero-order valence-electron chi connectivity index (χ0n) is 16.4. The minimum absolute atomic E-state index is 0.0822. The van der Waals surface area contributed by atoms with Crippen molar-refractivity contribution in [1.29, 1.82) is 0 Å². The van der Waals surface area contributed by atoms with E-state index < -0.39 is 0 Å². The minimum Gasteiger partial charge on any atom is -0.384 e. The standard InChI is InChI=1S/C20H31FN4O2/c1-22-20(25-7-6-16(14-25)15-26-2)23-13-19(24-8-10-27-11-9-24)17-4-3-5-18(21)12-17/h3-5,12,16,19H,6-11,13-15H2,1-2H3,(H,22,23). The van der Waals surface area contributed by atoms with Gasteiger partial charge in [0.1, 0.15) is 5.82 Å². The number of benzene rings is 1. The molecule has 0 amide bonds. The number of ether oxygens (including phenoxy) is 2. The van der Waals surface area contributed by atoms with Gasteiger partial charge >= 0.3 is 0 Å². The van der Waals surface area contributed by atoms with E-state index >= 15 is 0 Å². The molecule has 27 heavy (non-hydrogen) atoms. The van der Waals surface area contributed by atoms with Crippen LogP contribution in [0.15, 0.2) is 29.3 Å². The molecular weight excluding hydrogens is 347 g/mol. The molecule has 6 nitrogen and oxygen atoms in total. The summed E-state index contributed by atoms with van der Waals surface area (Å²) in [5.74, 6) is 1.26. The second-order valence-corrected chi connectivity index (χ2v) is 7.20. The van der Waals surface area contributed by atoms with Crippen LogP contribution in [0, 0.1) is 11.7 Å². The first-order valence-electron chi connectivity index (χ1n) is 9.73. The SMILES string of the molecule is CN=C(NCC(c1cccc(F)c1)N1CCOCC1)N1CCC(COC)C1. The number of nitrogens with zero attached hydrogens (tertiary/aromatic N) is 3. The lowest BCUT2D eigenvalue weighted by atomic mass is 10.0. The molecule has 0 radical (unpaired) electrons. The number of rotatable bonds is 6. The van der Waals surface area contributed by atoms with Crippen molar-refractivity contribution in [2.75, 3.05) is 66.7 Å². The van der Waals surface area contributed by atoms with Crippen LogP contribution < -0.4 is 5.32 Å². The van der Waals surface area contributed by atoms with Crippen molar-refractivity contribution in [3.05, 3.63) is 35.6 Å². The Morgan fingerprint density at radius 2 is 2.19 bits per heavy atom. The molecule has 2 fully saturated rings. The predicted molar refractivity (Wildman–Crippen MR) is 104 cm³/mol. The Hall–Kier alpha value is -1.70. The van der Waals surface area contributed by atoms with E-state index in [0.717, 1.165) is 50.7 Å². The van der Waals surface area contributed by atoms with Crippen LogP contribution in [0.25, 0.3) is 0 Å². The fourth-order valence-corrected chi connectivity index (χ4v) is 3.98. The fraction of sp³-hybridized carbons (Fsp3) is 0.650. The van der Waals surface area contributed by atoms with Crippen LogP contribution in [0.3, 0.4) is 0 Å². The number of methoxy groups -OCH3 is 1. The molecule has 2 aliphatic heterocycles. The number of hydrogen-bond donors (Lipinski definition) is 1. The van der Waals surface area contributed by atoms with E-state index in [4.69, 9.17) is 9.47 Å². The van der Waals surface area contributed by atoms with Crippen LogP contribution in [0.1, 0.15) is 18.0 Å². The third kappa shape index (κ3) is 5.40. The van der Waals surface area contributed by atoms with Crippen molar-refractivity contribution in [2.24, 2.45) is 10.9 Å². The van der Waals surface area contributed by atoms with Gasteiger partial charge in [-0.3, -0.25) is 9.89 Å². The monoisotopic (exact) mass is 378 g/mol. The smallest absolute Gasteiger partial charge is 0.193 e. The molecule has 1 aromatic carbocycles. The van der Waals surface area contributed by atoms with E-state index in [2.05, 4.69) is 20.1 Å². The van der Waals surface area contributed by atoms with Crippen LogP contribution in [-0.2, 0) is 9.47 Å². The van der Waals surface area contributed by atoms with Crippen molar-refractivity contribution in [1.82, 2.24) is 15.1 Å². The second-order valence-electron chi connectivity index (χ2n) is 7.20. The molecule has 0 aromatic heterocycles. The number of morpholine rings is 1. The number of aliphatic imine (C=N–C) groups is 1. The maximum absolute atomic E-state index is 13.8. The lowest BCUT2D eigenvalue weighted by Gasteiger charge is -2.35. The largest absolute Gasteiger partial charge is 0.384 e. The van der Waals surface area contributed by atoms with Gasteiger partial charge in [-0.05, 0) is 24.1 Å². The summed E-state index contributed by atoms with van der Waals surface area (Å²) in [5, 5.41) is 3.52. The Labute approximate surface area is 161 Å². The van der Waals surface area contributed by atoms with E-state index in [9.17, 15) is 4.39 Å². The number of guanidine groups is 1. The molecule has 2 atom stereocenters. The lowest BCUT2D eigenvalue weighted by molar-refractivity contribution is 0.0168. The van der Waals surface area contributed by atoms with Crippen molar-refractivity contribution in [3.8, 4) is 0 Å². The molecule has 1 aromatic rings. The summed E-state index contributed by atoms with van der Waals surface area (Å²) in [6, 6.07) is 6.99. The van der Waals surface area contributed by atoms with Crippen LogP contribution in [0.4, 0.5) is 4.39 Å². The topological polar surface area (TPSA) is 49.3 Å². The average molecular weight is 378 g/mol. The molecule has 0 aliphatic carbocycles. The number of halogens is 1. The maximum Gasteiger partial charge on any atom is 0.193 e. The number of hydrogen-bond acceptors (Lipinski definition) is 4. The molecule has 3 rings (SSSR count). The first kappa shape index (κ1) is 20.0. The molecule has 150 valence electrons. The normalized spacial score (nSPS) is 22.9. The molecule has 2 heterocycles. The van der Waals surface area contributed by atoms with Crippen molar-refractivity contribution in [3.63, 3.8) is 0 Å². The zero-order chi connectivity index (χ0) is 19.1. The van der Waals surface area contributed by atoms with Gasteiger partial charge in [-0.15, -0.1) is 0 Å². The molecule has 1 N–H and O–H groups in total. The Morgan fingerprint density at radius 3 is 2.89 bits per heavy atom. The third-order valence-electron chi connectivity index (χ3n) is 5.37. The van der Waals surface area contributed by atoms with Crippen molar-refractivity contribution in [2.45, 2.75) is 12.5 Å². The average Bonchev–Trinajstić information content (AvgIpc) is 3.15. The van der Waals surface area contributed by atoms with Crippen LogP contribution in [0.5, 0.6) is 0 Å². The zero-order valence-corrected chi connectivity index (χ0v) is 16.4.